The summed E-state index contributed by atoms with van der Waals surface area (Å²) in [5.74, 6) is 0.626. The summed E-state index contributed by atoms with van der Waals surface area (Å²) in [4.78, 5) is 31.1. The molecule has 6 heteroatoms. The average molecular weight is 332 g/mol. The number of imidazole rings is 1. The number of rotatable bonds is 3. The SMILES string of the molecule is O=C1CCc2cc(C(=O)Nc3ccc(-c4ncc[nH]4)cc3)ccc2N1. The summed E-state index contributed by atoms with van der Waals surface area (Å²) < 4.78 is 0. The van der Waals surface area contributed by atoms with Crippen LogP contribution in [0.5, 0.6) is 0 Å². The lowest BCUT2D eigenvalue weighted by atomic mass is 10.00. The van der Waals surface area contributed by atoms with E-state index >= 15 is 0 Å². The zero-order valence-electron chi connectivity index (χ0n) is 13.4. The monoisotopic (exact) mass is 332 g/mol. The third kappa shape index (κ3) is 3.14. The Morgan fingerprint density at radius 1 is 1.08 bits per heavy atom. The van der Waals surface area contributed by atoms with Gasteiger partial charge in [0.15, 0.2) is 0 Å². The van der Waals surface area contributed by atoms with Crippen molar-refractivity contribution < 1.29 is 9.59 Å². The van der Waals surface area contributed by atoms with Crippen molar-refractivity contribution in [3.8, 4) is 11.4 Å². The maximum atomic E-state index is 12.5. The highest BCUT2D eigenvalue weighted by Crippen LogP contribution is 2.24. The number of carbonyl (C=O) groups is 2. The molecule has 0 unspecified atom stereocenters. The third-order valence-electron chi connectivity index (χ3n) is 4.18. The molecule has 124 valence electrons. The summed E-state index contributed by atoms with van der Waals surface area (Å²) in [5.41, 5.74) is 4.01. The van der Waals surface area contributed by atoms with Crippen LogP contribution in [0.4, 0.5) is 11.4 Å². The Morgan fingerprint density at radius 3 is 2.68 bits per heavy atom. The van der Waals surface area contributed by atoms with Gasteiger partial charge in [0, 0.05) is 41.3 Å². The van der Waals surface area contributed by atoms with Gasteiger partial charge in [-0.2, -0.15) is 0 Å². The number of benzene rings is 2. The van der Waals surface area contributed by atoms with Crippen LogP contribution in [-0.4, -0.2) is 21.8 Å². The summed E-state index contributed by atoms with van der Waals surface area (Å²) in [5, 5.41) is 5.71. The summed E-state index contributed by atoms with van der Waals surface area (Å²) in [6, 6.07) is 12.8. The number of hydrogen-bond donors (Lipinski definition) is 3. The average Bonchev–Trinajstić information content (AvgIpc) is 3.16. The number of carbonyl (C=O) groups excluding carboxylic acids is 2. The van der Waals surface area contributed by atoms with Crippen LogP contribution in [0.25, 0.3) is 11.4 Å². The highest BCUT2D eigenvalue weighted by atomic mass is 16.2. The van der Waals surface area contributed by atoms with Crippen molar-refractivity contribution >= 4 is 23.2 Å². The first-order valence-electron chi connectivity index (χ1n) is 8.03. The molecule has 6 nitrogen and oxygen atoms in total. The molecule has 0 aliphatic carbocycles. The van der Waals surface area contributed by atoms with E-state index in [4.69, 9.17) is 0 Å². The van der Waals surface area contributed by atoms with Crippen molar-refractivity contribution in [2.75, 3.05) is 10.6 Å². The molecule has 0 atom stereocenters. The van der Waals surface area contributed by atoms with Crippen LogP contribution in [0, 0.1) is 0 Å². The molecule has 0 saturated heterocycles. The number of anilines is 2. The second-order valence-corrected chi connectivity index (χ2v) is 5.89. The van der Waals surface area contributed by atoms with E-state index < -0.39 is 0 Å². The molecule has 0 spiro atoms. The van der Waals surface area contributed by atoms with Crippen molar-refractivity contribution in [1.29, 1.82) is 0 Å². The zero-order chi connectivity index (χ0) is 17.2. The van der Waals surface area contributed by atoms with Crippen LogP contribution >= 0.6 is 0 Å². The molecule has 0 saturated carbocycles. The first kappa shape index (κ1) is 15.1. The number of H-pyrrole nitrogens is 1. The van der Waals surface area contributed by atoms with Gasteiger partial charge in [0.1, 0.15) is 5.82 Å². The first-order chi connectivity index (χ1) is 12.2. The molecule has 3 N–H and O–H groups in total. The lowest BCUT2D eigenvalue weighted by Crippen LogP contribution is -2.20. The number of nitrogens with zero attached hydrogens (tertiary/aromatic N) is 1. The maximum Gasteiger partial charge on any atom is 0.255 e. The van der Waals surface area contributed by atoms with Gasteiger partial charge in [-0.05, 0) is 54.4 Å². The maximum absolute atomic E-state index is 12.5. The second-order valence-electron chi connectivity index (χ2n) is 5.89. The van der Waals surface area contributed by atoms with Gasteiger partial charge in [-0.3, -0.25) is 9.59 Å². The van der Waals surface area contributed by atoms with Gasteiger partial charge in [0.25, 0.3) is 5.91 Å². The van der Waals surface area contributed by atoms with Gasteiger partial charge in [-0.25, -0.2) is 4.98 Å². The lowest BCUT2D eigenvalue weighted by molar-refractivity contribution is -0.116. The van der Waals surface area contributed by atoms with Gasteiger partial charge >= 0.3 is 0 Å². The van der Waals surface area contributed by atoms with E-state index in [-0.39, 0.29) is 11.8 Å². The molecule has 2 aromatic carbocycles. The van der Waals surface area contributed by atoms with Gasteiger partial charge in [-0.15, -0.1) is 0 Å². The Morgan fingerprint density at radius 2 is 1.92 bits per heavy atom. The molecule has 2 amide bonds. The fourth-order valence-corrected chi connectivity index (χ4v) is 2.86. The summed E-state index contributed by atoms with van der Waals surface area (Å²) in [7, 11) is 0. The molecule has 4 rings (SSSR count). The molecule has 0 bridgehead atoms. The van der Waals surface area contributed by atoms with E-state index in [9.17, 15) is 9.59 Å². The molecule has 1 aliphatic heterocycles. The van der Waals surface area contributed by atoms with Crippen molar-refractivity contribution in [2.24, 2.45) is 0 Å². The number of nitrogens with one attached hydrogen (secondary N) is 3. The minimum atomic E-state index is -0.176. The van der Waals surface area contributed by atoms with Crippen LogP contribution in [0.3, 0.4) is 0 Å². The Kier molecular flexibility index (Phi) is 3.78. The Bertz CT molecular complexity index is 931. The van der Waals surface area contributed by atoms with Crippen LogP contribution in [0.15, 0.2) is 54.9 Å². The fourth-order valence-electron chi connectivity index (χ4n) is 2.86. The van der Waals surface area contributed by atoms with E-state index in [1.807, 2.05) is 30.3 Å². The Balaban J connectivity index is 1.49. The van der Waals surface area contributed by atoms with Crippen molar-refractivity contribution in [1.82, 2.24) is 9.97 Å². The van der Waals surface area contributed by atoms with E-state index in [0.29, 0.717) is 24.1 Å². The van der Waals surface area contributed by atoms with Crippen LogP contribution in [0.2, 0.25) is 0 Å². The molecule has 1 aliphatic rings. The summed E-state index contributed by atoms with van der Waals surface area (Å²) in [6.45, 7) is 0. The van der Waals surface area contributed by atoms with Crippen LogP contribution in [-0.2, 0) is 11.2 Å². The number of fused-ring (bicyclic) bond motifs is 1. The predicted molar refractivity (Wildman–Crippen MR) is 95.4 cm³/mol. The number of aromatic nitrogens is 2. The first-order valence-corrected chi connectivity index (χ1v) is 8.03. The van der Waals surface area contributed by atoms with E-state index in [1.54, 1.807) is 24.5 Å². The number of amides is 2. The standard InChI is InChI=1S/C19H16N4O2/c24-17-8-4-13-11-14(3-7-16(13)23-17)19(25)22-15-5-1-12(2-6-15)18-20-9-10-21-18/h1-3,5-7,9-11H,4,8H2,(H,20,21)(H,22,25)(H,23,24). The summed E-state index contributed by atoms with van der Waals surface area (Å²) >= 11 is 0. The van der Waals surface area contributed by atoms with Crippen molar-refractivity contribution in [3.63, 3.8) is 0 Å². The molecule has 0 radical (unpaired) electrons. The van der Waals surface area contributed by atoms with E-state index in [2.05, 4.69) is 20.6 Å². The predicted octanol–water partition coefficient (Wildman–Crippen LogP) is 3.21. The summed E-state index contributed by atoms with van der Waals surface area (Å²) in [6.07, 6.45) is 4.57. The van der Waals surface area contributed by atoms with Crippen LogP contribution < -0.4 is 10.6 Å². The van der Waals surface area contributed by atoms with Crippen molar-refractivity contribution in [2.45, 2.75) is 12.8 Å². The quantitative estimate of drug-likeness (QED) is 0.688. The molecule has 25 heavy (non-hydrogen) atoms. The molecular weight excluding hydrogens is 316 g/mol. The topological polar surface area (TPSA) is 86.9 Å². The fraction of sp³-hybridized carbons (Fsp3) is 0.105. The van der Waals surface area contributed by atoms with Gasteiger partial charge in [0.2, 0.25) is 5.91 Å². The largest absolute Gasteiger partial charge is 0.345 e. The second kappa shape index (κ2) is 6.24. The highest BCUT2D eigenvalue weighted by Gasteiger charge is 2.16. The van der Waals surface area contributed by atoms with Crippen molar-refractivity contribution in [3.05, 3.63) is 66.0 Å². The van der Waals surface area contributed by atoms with Crippen LogP contribution in [0.1, 0.15) is 22.3 Å². The van der Waals surface area contributed by atoms with Gasteiger partial charge < -0.3 is 15.6 Å². The molecule has 2 heterocycles. The minimum absolute atomic E-state index is 0.0151. The highest BCUT2D eigenvalue weighted by molar-refractivity contribution is 6.05. The molecule has 0 fully saturated rings. The number of aryl methyl sites for hydroxylation is 1. The molecular formula is C19H16N4O2. The Labute approximate surface area is 144 Å². The lowest BCUT2D eigenvalue weighted by Gasteiger charge is -2.17. The Hall–Kier alpha value is -3.41. The van der Waals surface area contributed by atoms with E-state index in [1.165, 1.54) is 0 Å². The normalized spacial score (nSPS) is 13.0. The molecule has 3 aromatic rings. The zero-order valence-corrected chi connectivity index (χ0v) is 13.4. The van der Waals surface area contributed by atoms with Gasteiger partial charge in [0.05, 0.1) is 0 Å². The van der Waals surface area contributed by atoms with Gasteiger partial charge in [-0.1, -0.05) is 0 Å². The van der Waals surface area contributed by atoms with E-state index in [0.717, 1.165) is 22.6 Å². The number of aromatic amines is 1. The molecule has 1 aromatic heterocycles. The number of hydrogen-bond acceptors (Lipinski definition) is 3. The minimum Gasteiger partial charge on any atom is -0.345 e. The smallest absolute Gasteiger partial charge is 0.255 e. The third-order valence-corrected chi connectivity index (χ3v) is 4.18.